The first-order chi connectivity index (χ1) is 19.2. The van der Waals surface area contributed by atoms with E-state index < -0.39 is 0 Å². The Labute approximate surface area is 239 Å². The molecule has 2 aromatic heterocycles. The quantitative estimate of drug-likeness (QED) is 0.223. The molecule has 1 fully saturated rings. The molecule has 2 heterocycles. The normalized spacial score (nSPS) is 13.3. The summed E-state index contributed by atoms with van der Waals surface area (Å²) in [6.07, 6.45) is 13.7. The van der Waals surface area contributed by atoms with Crippen molar-refractivity contribution in [1.82, 2.24) is 14.5 Å². The number of nitrogens with zero attached hydrogens (tertiary/aromatic N) is 2. The number of halogens is 1. The van der Waals surface area contributed by atoms with Crippen molar-refractivity contribution >= 4 is 21.9 Å². The molecule has 1 aliphatic rings. The third kappa shape index (κ3) is 8.67. The van der Waals surface area contributed by atoms with Crippen LogP contribution in [-0.2, 0) is 7.05 Å². The fourth-order valence-corrected chi connectivity index (χ4v) is 5.01. The highest BCUT2D eigenvalue weighted by Gasteiger charge is 2.13. The first-order valence-electron chi connectivity index (χ1n) is 15.1. The van der Waals surface area contributed by atoms with E-state index in [-0.39, 0.29) is 11.5 Å². The van der Waals surface area contributed by atoms with Gasteiger partial charge in [-0.1, -0.05) is 91.7 Å². The number of fused-ring (bicyclic) bond motifs is 3. The zero-order valence-electron chi connectivity index (χ0n) is 25.4. The predicted octanol–water partition coefficient (Wildman–Crippen LogP) is 9.43. The number of imidazole rings is 1. The van der Waals surface area contributed by atoms with Crippen molar-refractivity contribution in [2.24, 2.45) is 18.9 Å². The molecule has 1 saturated carbocycles. The van der Waals surface area contributed by atoms with E-state index in [4.69, 9.17) is 4.74 Å². The number of pyridine rings is 1. The van der Waals surface area contributed by atoms with Gasteiger partial charge in [-0.25, -0.2) is 9.18 Å². The average Bonchev–Trinajstić information content (AvgIpc) is 3.53. The summed E-state index contributed by atoms with van der Waals surface area (Å²) < 4.78 is 22.0. The lowest BCUT2D eigenvalue weighted by atomic mass is 10.0. The Kier molecular flexibility index (Phi) is 12.2. The van der Waals surface area contributed by atoms with Crippen LogP contribution in [0.2, 0.25) is 0 Å². The highest BCUT2D eigenvalue weighted by molar-refractivity contribution is 6.03. The van der Waals surface area contributed by atoms with Crippen LogP contribution in [0.5, 0.6) is 5.75 Å². The fraction of sp³-hybridized carbons (Fsp3) is 0.529. The smallest absolute Gasteiger partial charge is 0.326 e. The molecule has 0 saturated heterocycles. The van der Waals surface area contributed by atoms with Crippen LogP contribution in [0.1, 0.15) is 92.4 Å². The summed E-state index contributed by atoms with van der Waals surface area (Å²) in [7, 11) is 1.68. The molecule has 5 nitrogen and oxygen atoms in total. The van der Waals surface area contributed by atoms with E-state index in [9.17, 15) is 9.18 Å². The van der Waals surface area contributed by atoms with Gasteiger partial charge in [-0.15, -0.1) is 0 Å². The highest BCUT2D eigenvalue weighted by Crippen LogP contribution is 2.31. The molecule has 2 aromatic carbocycles. The zero-order chi connectivity index (χ0) is 29.1. The van der Waals surface area contributed by atoms with Crippen molar-refractivity contribution in [3.63, 3.8) is 0 Å². The molecular formula is C34H48FN3O2. The Hall–Kier alpha value is -3.15. The monoisotopic (exact) mass is 549 g/mol. The van der Waals surface area contributed by atoms with E-state index in [2.05, 4.69) is 44.6 Å². The average molecular weight is 550 g/mol. The number of hydrogen-bond acceptors (Lipinski definition) is 3. The molecule has 1 aliphatic carbocycles. The van der Waals surface area contributed by atoms with Crippen LogP contribution in [0.4, 0.5) is 4.39 Å². The number of aromatic amines is 1. The van der Waals surface area contributed by atoms with Crippen LogP contribution in [-0.4, -0.2) is 21.1 Å². The molecule has 0 spiro atoms. The van der Waals surface area contributed by atoms with Crippen molar-refractivity contribution < 1.29 is 9.13 Å². The van der Waals surface area contributed by atoms with E-state index in [0.717, 1.165) is 30.1 Å². The van der Waals surface area contributed by atoms with E-state index in [1.807, 2.05) is 24.3 Å². The molecule has 0 unspecified atom stereocenters. The van der Waals surface area contributed by atoms with Gasteiger partial charge in [-0.3, -0.25) is 9.55 Å². The standard InChI is InChI=1S/C23H24FN3O2.C6H12.C5H12/c1-14(2)5-4-10-29-16-8-6-15(7-9-16)17-11-18-20(12-19(17)24)25-13-21-22(18)26-23(28)27(21)3;1-6-4-2-3-5-6;1-3-5-4-2/h6-9,11-14H,4-5,10H2,1-3H3,(H,26,28);6H,2-5H2,1H3;3-5H2,1-2H3. The molecule has 0 radical (unpaired) electrons. The number of ether oxygens (including phenoxy) is 1. The van der Waals surface area contributed by atoms with Crippen molar-refractivity contribution in [2.45, 2.75) is 92.4 Å². The van der Waals surface area contributed by atoms with Crippen molar-refractivity contribution in [1.29, 1.82) is 0 Å². The maximum absolute atomic E-state index is 14.8. The van der Waals surface area contributed by atoms with E-state index in [1.54, 1.807) is 19.3 Å². The topological polar surface area (TPSA) is 59.9 Å². The summed E-state index contributed by atoms with van der Waals surface area (Å²) in [6, 6.07) is 10.6. The summed E-state index contributed by atoms with van der Waals surface area (Å²) >= 11 is 0. The first kappa shape index (κ1) is 31.4. The van der Waals surface area contributed by atoms with Gasteiger partial charge in [0, 0.05) is 24.1 Å². The largest absolute Gasteiger partial charge is 0.494 e. The van der Waals surface area contributed by atoms with Crippen molar-refractivity contribution in [3.8, 4) is 16.9 Å². The van der Waals surface area contributed by atoms with Crippen LogP contribution in [0.3, 0.4) is 0 Å². The van der Waals surface area contributed by atoms with Crippen LogP contribution in [0, 0.1) is 17.7 Å². The SMILES string of the molecule is CC(C)CCCOc1ccc(-c2cc3c(cc2F)ncc2c3[nH]c(=O)n2C)cc1.CC1CCCC1.CCCCC. The minimum Gasteiger partial charge on any atom is -0.494 e. The Morgan fingerprint density at radius 1 is 1.07 bits per heavy atom. The molecule has 4 aromatic rings. The maximum atomic E-state index is 14.8. The second-order valence-electron chi connectivity index (χ2n) is 11.5. The lowest BCUT2D eigenvalue weighted by Gasteiger charge is -2.10. The summed E-state index contributed by atoms with van der Waals surface area (Å²) in [5.41, 5.74) is 2.83. The molecule has 0 amide bonds. The van der Waals surface area contributed by atoms with Gasteiger partial charge in [0.05, 0.1) is 29.4 Å². The summed E-state index contributed by atoms with van der Waals surface area (Å²) in [5, 5.41) is 0.714. The zero-order valence-corrected chi connectivity index (χ0v) is 25.4. The number of rotatable bonds is 8. The third-order valence-corrected chi connectivity index (χ3v) is 7.55. The Bertz CT molecular complexity index is 1380. The fourth-order valence-electron chi connectivity index (χ4n) is 5.01. The summed E-state index contributed by atoms with van der Waals surface area (Å²) in [4.78, 5) is 19.1. The number of aryl methyl sites for hydroxylation is 1. The van der Waals surface area contributed by atoms with Gasteiger partial charge in [0.25, 0.3) is 0 Å². The third-order valence-electron chi connectivity index (χ3n) is 7.55. The van der Waals surface area contributed by atoms with E-state index in [0.29, 0.717) is 40.0 Å². The minimum absolute atomic E-state index is 0.223. The Morgan fingerprint density at radius 2 is 1.75 bits per heavy atom. The predicted molar refractivity (Wildman–Crippen MR) is 167 cm³/mol. The van der Waals surface area contributed by atoms with Gasteiger partial charge >= 0.3 is 5.69 Å². The van der Waals surface area contributed by atoms with Gasteiger partial charge in [0.15, 0.2) is 0 Å². The minimum atomic E-state index is -0.353. The molecule has 1 N–H and O–H groups in total. The number of nitrogens with one attached hydrogen (secondary N) is 1. The van der Waals surface area contributed by atoms with Crippen LogP contribution >= 0.6 is 0 Å². The Morgan fingerprint density at radius 3 is 2.30 bits per heavy atom. The van der Waals surface area contributed by atoms with Gasteiger partial charge in [0.2, 0.25) is 0 Å². The number of unbranched alkanes of at least 4 members (excludes halogenated alkanes) is 2. The molecule has 5 rings (SSSR count). The van der Waals surface area contributed by atoms with Gasteiger partial charge in [-0.2, -0.15) is 0 Å². The lowest BCUT2D eigenvalue weighted by Crippen LogP contribution is -2.11. The molecule has 40 heavy (non-hydrogen) atoms. The number of benzene rings is 2. The van der Waals surface area contributed by atoms with E-state index in [1.165, 1.54) is 55.6 Å². The van der Waals surface area contributed by atoms with Crippen LogP contribution in [0.25, 0.3) is 33.1 Å². The maximum Gasteiger partial charge on any atom is 0.326 e. The van der Waals surface area contributed by atoms with Crippen molar-refractivity contribution in [2.75, 3.05) is 6.61 Å². The van der Waals surface area contributed by atoms with Crippen LogP contribution in [0.15, 0.2) is 47.4 Å². The van der Waals surface area contributed by atoms with Crippen LogP contribution < -0.4 is 10.4 Å². The van der Waals surface area contributed by atoms with Crippen molar-refractivity contribution in [3.05, 3.63) is 58.9 Å². The molecule has 0 aliphatic heterocycles. The highest BCUT2D eigenvalue weighted by atomic mass is 19.1. The number of hydrogen-bond donors (Lipinski definition) is 1. The summed E-state index contributed by atoms with van der Waals surface area (Å²) in [6.45, 7) is 11.8. The second-order valence-corrected chi connectivity index (χ2v) is 11.5. The lowest BCUT2D eigenvalue weighted by molar-refractivity contribution is 0.298. The first-order valence-corrected chi connectivity index (χ1v) is 15.1. The van der Waals surface area contributed by atoms with E-state index >= 15 is 0 Å². The molecular weight excluding hydrogens is 501 g/mol. The Balaban J connectivity index is 0.000000336. The van der Waals surface area contributed by atoms with Gasteiger partial charge in [-0.05, 0) is 48.4 Å². The number of H-pyrrole nitrogens is 1. The molecule has 0 bridgehead atoms. The molecule has 6 heteroatoms. The molecule has 218 valence electrons. The number of aromatic nitrogens is 3. The second kappa shape index (κ2) is 15.6. The summed E-state index contributed by atoms with van der Waals surface area (Å²) in [5.74, 6) is 2.13. The molecule has 0 atom stereocenters. The van der Waals surface area contributed by atoms with Gasteiger partial charge in [0.1, 0.15) is 11.6 Å². The van der Waals surface area contributed by atoms with Gasteiger partial charge < -0.3 is 9.72 Å².